The number of aryl methyl sites for hydroxylation is 1. The summed E-state index contributed by atoms with van der Waals surface area (Å²) in [6, 6.07) is 11.6. The molecule has 0 saturated heterocycles. The van der Waals surface area contributed by atoms with E-state index in [9.17, 15) is 0 Å². The molecule has 2 aromatic carbocycles. The fourth-order valence-corrected chi connectivity index (χ4v) is 2.33. The minimum Gasteiger partial charge on any atom is -0.490 e. The Balaban J connectivity index is 2.32. The molecule has 2 rings (SSSR count). The molecule has 0 bridgehead atoms. The summed E-state index contributed by atoms with van der Waals surface area (Å²) in [4.78, 5) is 4.51. The summed E-state index contributed by atoms with van der Waals surface area (Å²) in [5.74, 6) is 1.13. The van der Waals surface area contributed by atoms with Crippen LogP contribution in [-0.2, 0) is 0 Å². The van der Waals surface area contributed by atoms with Gasteiger partial charge in [0, 0.05) is 6.21 Å². The Bertz CT molecular complexity index is 711. The number of ether oxygens (including phenoxy) is 2. The predicted molar refractivity (Wildman–Crippen MR) is 96.7 cm³/mol. The number of hydrogen-bond donors (Lipinski definition) is 0. The third-order valence-electron chi connectivity index (χ3n) is 3.15. The molecule has 120 valence electrons. The second-order valence-corrected chi connectivity index (χ2v) is 5.31. The number of para-hydroxylation sites is 1. The highest BCUT2D eigenvalue weighted by Gasteiger charge is 2.11. The molecule has 4 heteroatoms. The van der Waals surface area contributed by atoms with E-state index in [-0.39, 0.29) is 0 Å². The number of hydrogen-bond acceptors (Lipinski definition) is 3. The maximum Gasteiger partial charge on any atom is 0.180 e. The molecular weight excluding hydrogens is 310 g/mol. The van der Waals surface area contributed by atoms with E-state index in [0.29, 0.717) is 29.7 Å². The van der Waals surface area contributed by atoms with Gasteiger partial charge in [0.05, 0.1) is 17.3 Å². The lowest BCUT2D eigenvalue weighted by molar-refractivity contribution is 0.297. The van der Waals surface area contributed by atoms with Crippen LogP contribution in [0.4, 0.5) is 5.69 Å². The first-order chi connectivity index (χ1) is 11.2. The summed E-state index contributed by atoms with van der Waals surface area (Å²) in [6.07, 6.45) is 3.44. The molecular formula is C19H20ClNO2. The average molecular weight is 330 g/mol. The van der Waals surface area contributed by atoms with Crippen molar-refractivity contribution in [1.82, 2.24) is 0 Å². The molecule has 0 amide bonds. The third-order valence-corrected chi connectivity index (χ3v) is 3.43. The monoisotopic (exact) mass is 329 g/mol. The summed E-state index contributed by atoms with van der Waals surface area (Å²) in [6.45, 7) is 8.48. The van der Waals surface area contributed by atoms with E-state index in [4.69, 9.17) is 21.1 Å². The molecule has 0 aliphatic carbocycles. The van der Waals surface area contributed by atoms with E-state index in [1.165, 1.54) is 0 Å². The van der Waals surface area contributed by atoms with Crippen LogP contribution in [0.1, 0.15) is 18.1 Å². The summed E-state index contributed by atoms with van der Waals surface area (Å²) >= 11 is 6.32. The highest BCUT2D eigenvalue weighted by atomic mass is 35.5. The van der Waals surface area contributed by atoms with E-state index < -0.39 is 0 Å². The van der Waals surface area contributed by atoms with Gasteiger partial charge in [0.1, 0.15) is 6.61 Å². The van der Waals surface area contributed by atoms with Crippen molar-refractivity contribution in [2.75, 3.05) is 13.2 Å². The number of nitrogens with zero attached hydrogens (tertiary/aromatic N) is 1. The van der Waals surface area contributed by atoms with Crippen LogP contribution in [0.5, 0.6) is 11.5 Å². The Morgan fingerprint density at radius 3 is 2.70 bits per heavy atom. The molecule has 0 heterocycles. The van der Waals surface area contributed by atoms with E-state index in [1.54, 1.807) is 12.3 Å². The van der Waals surface area contributed by atoms with E-state index in [0.717, 1.165) is 16.8 Å². The van der Waals surface area contributed by atoms with Crippen molar-refractivity contribution in [1.29, 1.82) is 0 Å². The van der Waals surface area contributed by atoms with Crippen LogP contribution < -0.4 is 9.47 Å². The van der Waals surface area contributed by atoms with Crippen LogP contribution in [0.2, 0.25) is 5.02 Å². The van der Waals surface area contributed by atoms with Crippen molar-refractivity contribution in [3.05, 3.63) is 65.2 Å². The smallest absolute Gasteiger partial charge is 0.180 e. The minimum atomic E-state index is 0.371. The minimum absolute atomic E-state index is 0.371. The summed E-state index contributed by atoms with van der Waals surface area (Å²) in [5, 5.41) is 0.490. The lowest BCUT2D eigenvalue weighted by Gasteiger charge is -2.13. The van der Waals surface area contributed by atoms with Crippen LogP contribution in [-0.4, -0.2) is 19.4 Å². The zero-order chi connectivity index (χ0) is 16.7. The van der Waals surface area contributed by atoms with Crippen molar-refractivity contribution in [2.24, 2.45) is 4.99 Å². The highest BCUT2D eigenvalue weighted by Crippen LogP contribution is 2.36. The molecule has 0 N–H and O–H groups in total. The summed E-state index contributed by atoms with van der Waals surface area (Å²) in [7, 11) is 0. The van der Waals surface area contributed by atoms with Crippen LogP contribution in [0, 0.1) is 6.92 Å². The van der Waals surface area contributed by atoms with Crippen molar-refractivity contribution in [3.63, 3.8) is 0 Å². The zero-order valence-electron chi connectivity index (χ0n) is 13.4. The van der Waals surface area contributed by atoms with Crippen molar-refractivity contribution in [2.45, 2.75) is 13.8 Å². The quantitative estimate of drug-likeness (QED) is 0.505. The van der Waals surface area contributed by atoms with Crippen LogP contribution in [0.3, 0.4) is 0 Å². The SMILES string of the molecule is C=CCOc1c(Cl)cc(C=Nc2ccccc2C)cc1OCC. The fourth-order valence-electron chi connectivity index (χ4n) is 2.06. The van der Waals surface area contributed by atoms with Gasteiger partial charge in [-0.2, -0.15) is 0 Å². The van der Waals surface area contributed by atoms with Gasteiger partial charge < -0.3 is 9.47 Å². The van der Waals surface area contributed by atoms with Gasteiger partial charge in [-0.15, -0.1) is 0 Å². The Kier molecular flexibility index (Phi) is 6.24. The fraction of sp³-hybridized carbons (Fsp3) is 0.211. The van der Waals surface area contributed by atoms with Crippen LogP contribution in [0.15, 0.2) is 54.0 Å². The first-order valence-corrected chi connectivity index (χ1v) is 7.83. The first-order valence-electron chi connectivity index (χ1n) is 7.45. The van der Waals surface area contributed by atoms with E-state index in [2.05, 4.69) is 11.6 Å². The van der Waals surface area contributed by atoms with Gasteiger partial charge in [-0.25, -0.2) is 0 Å². The number of rotatable bonds is 7. The van der Waals surface area contributed by atoms with Crippen molar-refractivity contribution < 1.29 is 9.47 Å². The van der Waals surface area contributed by atoms with Gasteiger partial charge in [-0.1, -0.05) is 42.5 Å². The third kappa shape index (κ3) is 4.60. The average Bonchev–Trinajstić information content (AvgIpc) is 2.54. The largest absolute Gasteiger partial charge is 0.490 e. The topological polar surface area (TPSA) is 30.8 Å². The molecule has 0 spiro atoms. The van der Waals surface area contributed by atoms with Gasteiger partial charge >= 0.3 is 0 Å². The lowest BCUT2D eigenvalue weighted by atomic mass is 10.2. The molecule has 23 heavy (non-hydrogen) atoms. The molecule has 0 radical (unpaired) electrons. The molecule has 0 aliphatic rings. The maximum atomic E-state index is 6.32. The Morgan fingerprint density at radius 2 is 2.00 bits per heavy atom. The van der Waals surface area contributed by atoms with E-state index >= 15 is 0 Å². The summed E-state index contributed by atoms with van der Waals surface area (Å²) in [5.41, 5.74) is 2.90. The number of halogens is 1. The molecule has 3 nitrogen and oxygen atoms in total. The van der Waals surface area contributed by atoms with Gasteiger partial charge in [0.2, 0.25) is 0 Å². The standard InChI is InChI=1S/C19H20ClNO2/c1-4-10-23-19-16(20)11-15(12-18(19)22-5-2)13-21-17-9-7-6-8-14(17)3/h4,6-9,11-13H,1,5,10H2,2-3H3. The summed E-state index contributed by atoms with van der Waals surface area (Å²) < 4.78 is 11.2. The second-order valence-electron chi connectivity index (χ2n) is 4.91. The number of benzene rings is 2. The molecule has 0 aromatic heterocycles. The molecule has 0 unspecified atom stereocenters. The van der Waals surface area contributed by atoms with Crippen LogP contribution in [0.25, 0.3) is 0 Å². The van der Waals surface area contributed by atoms with E-state index in [1.807, 2.05) is 50.2 Å². The highest BCUT2D eigenvalue weighted by molar-refractivity contribution is 6.32. The Labute approximate surface area is 142 Å². The second kappa shape index (κ2) is 8.39. The molecule has 0 atom stereocenters. The van der Waals surface area contributed by atoms with Crippen molar-refractivity contribution in [3.8, 4) is 11.5 Å². The zero-order valence-corrected chi connectivity index (χ0v) is 14.1. The van der Waals surface area contributed by atoms with Crippen LogP contribution >= 0.6 is 11.6 Å². The molecule has 2 aromatic rings. The molecule has 0 aliphatic heterocycles. The van der Waals surface area contributed by atoms with Gasteiger partial charge in [-0.3, -0.25) is 4.99 Å². The molecule has 0 fully saturated rings. The van der Waals surface area contributed by atoms with Crippen molar-refractivity contribution >= 4 is 23.5 Å². The molecule has 0 saturated carbocycles. The Morgan fingerprint density at radius 1 is 1.22 bits per heavy atom. The van der Waals surface area contributed by atoms with Gasteiger partial charge in [0.15, 0.2) is 11.5 Å². The Hall–Kier alpha value is -2.26. The van der Waals surface area contributed by atoms with Gasteiger partial charge in [-0.05, 0) is 43.2 Å². The maximum absolute atomic E-state index is 6.32. The number of aliphatic imine (C=N–C) groups is 1. The lowest BCUT2D eigenvalue weighted by Crippen LogP contribution is -2.00. The predicted octanol–water partition coefficient (Wildman–Crippen LogP) is 5.36. The first kappa shape index (κ1) is 17.1. The van der Waals surface area contributed by atoms with Gasteiger partial charge in [0.25, 0.3) is 0 Å². The normalized spacial score (nSPS) is 10.7.